The van der Waals surface area contributed by atoms with Gasteiger partial charge >= 0.3 is 0 Å². The summed E-state index contributed by atoms with van der Waals surface area (Å²) in [6.07, 6.45) is 2.54. The second kappa shape index (κ2) is 5.01. The summed E-state index contributed by atoms with van der Waals surface area (Å²) in [4.78, 5) is 0. The Bertz CT molecular complexity index is 345. The molecule has 3 unspecified atom stereocenters. The zero-order chi connectivity index (χ0) is 11.5. The number of hydrogen-bond donors (Lipinski definition) is 1. The molecule has 88 valence electrons. The van der Waals surface area contributed by atoms with Crippen LogP contribution in [0.1, 0.15) is 43.7 Å². The first-order valence-corrected chi connectivity index (χ1v) is 6.52. The van der Waals surface area contributed by atoms with Crippen LogP contribution in [-0.4, -0.2) is 12.6 Å². The summed E-state index contributed by atoms with van der Waals surface area (Å²) in [5.74, 6) is 1.56. The van der Waals surface area contributed by atoms with Crippen LogP contribution in [0.3, 0.4) is 0 Å². The number of aryl methyl sites for hydroxylation is 1. The molecular formula is C15H23N. The van der Waals surface area contributed by atoms with Crippen LogP contribution in [0.5, 0.6) is 0 Å². The lowest BCUT2D eigenvalue weighted by molar-refractivity contribution is 0.185. The molecule has 0 aliphatic heterocycles. The average Bonchev–Trinajstić information content (AvgIpc) is 2.27. The van der Waals surface area contributed by atoms with Gasteiger partial charge < -0.3 is 5.32 Å². The van der Waals surface area contributed by atoms with Crippen molar-refractivity contribution in [3.8, 4) is 0 Å². The predicted octanol–water partition coefficient (Wildman–Crippen LogP) is 3.49. The van der Waals surface area contributed by atoms with E-state index in [0.29, 0.717) is 0 Å². The molecule has 1 heteroatoms. The van der Waals surface area contributed by atoms with Gasteiger partial charge in [-0.15, -0.1) is 0 Å². The number of nitrogens with one attached hydrogen (secondary N) is 1. The van der Waals surface area contributed by atoms with E-state index in [9.17, 15) is 0 Å². The van der Waals surface area contributed by atoms with E-state index in [1.807, 2.05) is 0 Å². The van der Waals surface area contributed by atoms with E-state index in [-0.39, 0.29) is 0 Å². The Hall–Kier alpha value is -0.820. The van der Waals surface area contributed by atoms with Crippen LogP contribution in [0, 0.1) is 12.8 Å². The number of rotatable bonds is 4. The van der Waals surface area contributed by atoms with Crippen LogP contribution in [0.4, 0.5) is 0 Å². The van der Waals surface area contributed by atoms with Crippen molar-refractivity contribution in [2.24, 2.45) is 5.92 Å². The molecule has 16 heavy (non-hydrogen) atoms. The first-order valence-electron chi connectivity index (χ1n) is 6.52. The molecule has 0 bridgehead atoms. The lowest BCUT2D eigenvalue weighted by atomic mass is 9.67. The molecule has 1 aromatic rings. The Morgan fingerprint density at radius 2 is 2.19 bits per heavy atom. The van der Waals surface area contributed by atoms with Crippen molar-refractivity contribution in [2.45, 2.75) is 45.6 Å². The van der Waals surface area contributed by atoms with Gasteiger partial charge in [-0.05, 0) is 43.7 Å². The summed E-state index contributed by atoms with van der Waals surface area (Å²) in [6, 6.07) is 9.73. The molecule has 0 radical (unpaired) electrons. The Balaban J connectivity index is 1.94. The average molecular weight is 217 g/mol. The van der Waals surface area contributed by atoms with E-state index < -0.39 is 0 Å². The fourth-order valence-electron chi connectivity index (χ4n) is 2.73. The molecule has 1 nitrogen and oxygen atoms in total. The van der Waals surface area contributed by atoms with E-state index in [1.54, 1.807) is 0 Å². The van der Waals surface area contributed by atoms with Crippen LogP contribution < -0.4 is 5.32 Å². The molecule has 1 aromatic carbocycles. The Kier molecular flexibility index (Phi) is 3.65. The molecule has 1 aliphatic rings. The lowest BCUT2D eigenvalue weighted by Crippen LogP contribution is -2.48. The minimum Gasteiger partial charge on any atom is -0.314 e. The fraction of sp³-hybridized carbons (Fsp3) is 0.600. The topological polar surface area (TPSA) is 12.0 Å². The minimum absolute atomic E-state index is 0.741. The Morgan fingerprint density at radius 1 is 1.38 bits per heavy atom. The normalized spacial score (nSPS) is 28.8. The summed E-state index contributed by atoms with van der Waals surface area (Å²) < 4.78 is 0. The molecule has 0 heterocycles. The molecule has 1 fully saturated rings. The molecule has 1 N–H and O–H groups in total. The summed E-state index contributed by atoms with van der Waals surface area (Å²) in [6.45, 7) is 7.95. The second-order valence-electron chi connectivity index (χ2n) is 5.18. The van der Waals surface area contributed by atoms with Gasteiger partial charge in [0.05, 0.1) is 0 Å². The summed E-state index contributed by atoms with van der Waals surface area (Å²) >= 11 is 0. The molecule has 0 aromatic heterocycles. The van der Waals surface area contributed by atoms with Crippen molar-refractivity contribution in [3.63, 3.8) is 0 Å². The zero-order valence-corrected chi connectivity index (χ0v) is 10.7. The molecule has 1 saturated carbocycles. The maximum atomic E-state index is 3.63. The molecule has 0 spiro atoms. The van der Waals surface area contributed by atoms with Gasteiger partial charge in [0.25, 0.3) is 0 Å². The summed E-state index contributed by atoms with van der Waals surface area (Å²) in [5, 5.41) is 3.63. The van der Waals surface area contributed by atoms with Crippen molar-refractivity contribution >= 4 is 0 Å². The van der Waals surface area contributed by atoms with Gasteiger partial charge in [-0.1, -0.05) is 43.7 Å². The smallest absolute Gasteiger partial charge is 0.0104 e. The zero-order valence-electron chi connectivity index (χ0n) is 10.7. The Morgan fingerprint density at radius 3 is 2.81 bits per heavy atom. The van der Waals surface area contributed by atoms with Crippen LogP contribution >= 0.6 is 0 Å². The van der Waals surface area contributed by atoms with Crippen LogP contribution in [0.25, 0.3) is 0 Å². The first kappa shape index (κ1) is 11.7. The third kappa shape index (κ3) is 2.30. The number of hydrogen-bond acceptors (Lipinski definition) is 1. The van der Waals surface area contributed by atoms with Gasteiger partial charge in [-0.3, -0.25) is 0 Å². The maximum absolute atomic E-state index is 3.63. The molecule has 3 atom stereocenters. The highest BCUT2D eigenvalue weighted by Crippen LogP contribution is 2.42. The fourth-order valence-corrected chi connectivity index (χ4v) is 2.73. The highest BCUT2D eigenvalue weighted by Gasteiger charge is 2.37. The standard InChI is InChI=1S/C15H23N/c1-4-8-16-15-10-14(12(15)3)13-7-5-6-11(2)9-13/h5-7,9,12,14-16H,4,8,10H2,1-3H3. The van der Waals surface area contributed by atoms with Gasteiger partial charge in [0.1, 0.15) is 0 Å². The quantitative estimate of drug-likeness (QED) is 0.814. The van der Waals surface area contributed by atoms with Crippen LogP contribution in [0.15, 0.2) is 24.3 Å². The van der Waals surface area contributed by atoms with Gasteiger partial charge in [0.15, 0.2) is 0 Å². The second-order valence-corrected chi connectivity index (χ2v) is 5.18. The van der Waals surface area contributed by atoms with Crippen molar-refractivity contribution in [3.05, 3.63) is 35.4 Å². The number of benzene rings is 1. The van der Waals surface area contributed by atoms with E-state index in [4.69, 9.17) is 0 Å². The molecule has 0 saturated heterocycles. The van der Waals surface area contributed by atoms with Crippen molar-refractivity contribution < 1.29 is 0 Å². The maximum Gasteiger partial charge on any atom is 0.0104 e. The van der Waals surface area contributed by atoms with E-state index in [1.165, 1.54) is 24.0 Å². The molecule has 2 rings (SSSR count). The monoisotopic (exact) mass is 217 g/mol. The third-order valence-corrected chi connectivity index (χ3v) is 3.90. The Labute approximate surface area is 99.3 Å². The van der Waals surface area contributed by atoms with Crippen molar-refractivity contribution in [1.29, 1.82) is 0 Å². The van der Waals surface area contributed by atoms with Crippen LogP contribution in [0.2, 0.25) is 0 Å². The highest BCUT2D eigenvalue weighted by atomic mass is 14.9. The highest BCUT2D eigenvalue weighted by molar-refractivity contribution is 5.28. The van der Waals surface area contributed by atoms with Gasteiger partial charge in [-0.2, -0.15) is 0 Å². The van der Waals surface area contributed by atoms with E-state index >= 15 is 0 Å². The molecular weight excluding hydrogens is 194 g/mol. The van der Waals surface area contributed by atoms with Crippen molar-refractivity contribution in [2.75, 3.05) is 6.54 Å². The summed E-state index contributed by atoms with van der Waals surface area (Å²) in [7, 11) is 0. The SMILES string of the molecule is CCCNC1CC(c2cccc(C)c2)C1C. The predicted molar refractivity (Wildman–Crippen MR) is 69.8 cm³/mol. The van der Waals surface area contributed by atoms with E-state index in [2.05, 4.69) is 50.4 Å². The summed E-state index contributed by atoms with van der Waals surface area (Å²) in [5.41, 5.74) is 2.91. The van der Waals surface area contributed by atoms with Gasteiger partial charge in [-0.25, -0.2) is 0 Å². The molecule has 0 amide bonds. The molecule has 1 aliphatic carbocycles. The van der Waals surface area contributed by atoms with Gasteiger partial charge in [0.2, 0.25) is 0 Å². The van der Waals surface area contributed by atoms with E-state index in [0.717, 1.165) is 24.4 Å². The van der Waals surface area contributed by atoms with Gasteiger partial charge in [0, 0.05) is 6.04 Å². The third-order valence-electron chi connectivity index (χ3n) is 3.90. The van der Waals surface area contributed by atoms with Crippen LogP contribution in [-0.2, 0) is 0 Å². The van der Waals surface area contributed by atoms with Crippen molar-refractivity contribution in [1.82, 2.24) is 5.32 Å². The first-order chi connectivity index (χ1) is 7.72. The minimum atomic E-state index is 0.741. The largest absolute Gasteiger partial charge is 0.314 e. The lowest BCUT2D eigenvalue weighted by Gasteiger charge is -2.44.